The molecule has 0 aromatic carbocycles. The van der Waals surface area contributed by atoms with Crippen LogP contribution in [0.5, 0.6) is 0 Å². The van der Waals surface area contributed by atoms with Crippen LogP contribution in [0.25, 0.3) is 0 Å². The lowest BCUT2D eigenvalue weighted by atomic mass is 9.97. The molecule has 0 saturated carbocycles. The molecule has 1 saturated heterocycles. The molecule has 0 aromatic heterocycles. The zero-order chi connectivity index (χ0) is 13.2. The molecule has 2 N–H and O–H groups in total. The summed E-state index contributed by atoms with van der Waals surface area (Å²) in [5.74, 6) is 0.564. The highest BCUT2D eigenvalue weighted by molar-refractivity contribution is 4.83. The first-order chi connectivity index (χ1) is 8.83. The number of rotatable bonds is 10. The average Bonchev–Trinajstić information content (AvgIpc) is 2.90. The number of methoxy groups -OCH3 is 2. The summed E-state index contributed by atoms with van der Waals surface area (Å²) in [5, 5.41) is 0. The van der Waals surface area contributed by atoms with Crippen LogP contribution in [0, 0.1) is 5.92 Å². The summed E-state index contributed by atoms with van der Waals surface area (Å²) < 4.78 is 15.8. The maximum Gasteiger partial charge on any atom is 0.0589 e. The molecule has 0 spiro atoms. The number of ether oxygens (including phenoxy) is 3. The van der Waals surface area contributed by atoms with Gasteiger partial charge in [-0.25, -0.2) is 0 Å². The van der Waals surface area contributed by atoms with Gasteiger partial charge in [-0.05, 0) is 12.8 Å². The van der Waals surface area contributed by atoms with E-state index in [-0.39, 0.29) is 0 Å². The van der Waals surface area contributed by atoms with Gasteiger partial charge in [0.25, 0.3) is 0 Å². The van der Waals surface area contributed by atoms with Gasteiger partial charge in [0, 0.05) is 59.0 Å². The van der Waals surface area contributed by atoms with Gasteiger partial charge in [0.05, 0.1) is 13.2 Å². The third-order valence-corrected chi connectivity index (χ3v) is 3.60. The maximum absolute atomic E-state index is 5.96. The first-order valence-corrected chi connectivity index (χ1v) is 6.83. The molecule has 5 heteroatoms. The van der Waals surface area contributed by atoms with Gasteiger partial charge in [-0.1, -0.05) is 0 Å². The van der Waals surface area contributed by atoms with Crippen LogP contribution in [0.4, 0.5) is 0 Å². The second-order valence-electron chi connectivity index (χ2n) is 4.80. The molecule has 0 aromatic rings. The fraction of sp³-hybridized carbons (Fsp3) is 1.00. The van der Waals surface area contributed by atoms with E-state index in [1.165, 1.54) is 0 Å². The predicted octanol–water partition coefficient (Wildman–Crippen LogP) is 0.335. The van der Waals surface area contributed by atoms with E-state index >= 15 is 0 Å². The topological polar surface area (TPSA) is 57.0 Å². The molecule has 108 valence electrons. The SMILES string of the molecule is COCCCN(CCOC)C(CN)C1CCOC1. The molecule has 0 radical (unpaired) electrons. The Labute approximate surface area is 111 Å². The third-order valence-electron chi connectivity index (χ3n) is 3.60. The van der Waals surface area contributed by atoms with E-state index in [2.05, 4.69) is 4.90 Å². The van der Waals surface area contributed by atoms with Crippen molar-refractivity contribution in [3.05, 3.63) is 0 Å². The highest BCUT2D eigenvalue weighted by Gasteiger charge is 2.29. The Morgan fingerprint density at radius 2 is 2.06 bits per heavy atom. The summed E-state index contributed by atoms with van der Waals surface area (Å²) in [7, 11) is 3.48. The lowest BCUT2D eigenvalue weighted by molar-refractivity contribution is 0.0789. The quantitative estimate of drug-likeness (QED) is 0.574. The number of hydrogen-bond acceptors (Lipinski definition) is 5. The van der Waals surface area contributed by atoms with Crippen molar-refractivity contribution in [1.29, 1.82) is 0 Å². The molecular weight excluding hydrogens is 232 g/mol. The van der Waals surface area contributed by atoms with Crippen LogP contribution in [-0.4, -0.2) is 71.2 Å². The number of hydrogen-bond donors (Lipinski definition) is 1. The molecule has 0 bridgehead atoms. The van der Waals surface area contributed by atoms with Crippen LogP contribution in [-0.2, 0) is 14.2 Å². The largest absolute Gasteiger partial charge is 0.385 e. The van der Waals surface area contributed by atoms with Crippen LogP contribution < -0.4 is 5.73 Å². The Morgan fingerprint density at radius 3 is 2.61 bits per heavy atom. The van der Waals surface area contributed by atoms with Gasteiger partial charge in [0.2, 0.25) is 0 Å². The first kappa shape index (κ1) is 15.9. The van der Waals surface area contributed by atoms with E-state index in [1.807, 2.05) is 0 Å². The van der Waals surface area contributed by atoms with Gasteiger partial charge < -0.3 is 19.9 Å². The third kappa shape index (κ3) is 5.20. The summed E-state index contributed by atoms with van der Waals surface area (Å²) in [4.78, 5) is 2.43. The average molecular weight is 260 g/mol. The summed E-state index contributed by atoms with van der Waals surface area (Å²) in [5.41, 5.74) is 5.96. The van der Waals surface area contributed by atoms with Crippen LogP contribution in [0.2, 0.25) is 0 Å². The van der Waals surface area contributed by atoms with Gasteiger partial charge in [0.1, 0.15) is 0 Å². The van der Waals surface area contributed by atoms with Gasteiger partial charge in [-0.2, -0.15) is 0 Å². The van der Waals surface area contributed by atoms with Crippen molar-refractivity contribution in [1.82, 2.24) is 4.90 Å². The Morgan fingerprint density at radius 1 is 1.28 bits per heavy atom. The maximum atomic E-state index is 5.96. The monoisotopic (exact) mass is 260 g/mol. The van der Waals surface area contributed by atoms with Crippen LogP contribution in [0.1, 0.15) is 12.8 Å². The predicted molar refractivity (Wildman–Crippen MR) is 71.7 cm³/mol. The highest BCUT2D eigenvalue weighted by atomic mass is 16.5. The number of nitrogens with zero attached hydrogens (tertiary/aromatic N) is 1. The molecule has 1 rings (SSSR count). The molecule has 1 aliphatic rings. The minimum Gasteiger partial charge on any atom is -0.385 e. The minimum atomic E-state index is 0.402. The smallest absolute Gasteiger partial charge is 0.0589 e. The molecule has 18 heavy (non-hydrogen) atoms. The zero-order valence-electron chi connectivity index (χ0n) is 11.8. The first-order valence-electron chi connectivity index (χ1n) is 6.83. The highest BCUT2D eigenvalue weighted by Crippen LogP contribution is 2.20. The molecule has 1 aliphatic heterocycles. The molecule has 0 amide bonds. The Hall–Kier alpha value is -0.200. The second-order valence-corrected chi connectivity index (χ2v) is 4.80. The van der Waals surface area contributed by atoms with Crippen molar-refractivity contribution in [2.24, 2.45) is 11.7 Å². The van der Waals surface area contributed by atoms with Gasteiger partial charge in [-0.3, -0.25) is 4.90 Å². The minimum absolute atomic E-state index is 0.402. The Kier molecular flexibility index (Phi) is 8.54. The van der Waals surface area contributed by atoms with E-state index in [4.69, 9.17) is 19.9 Å². The summed E-state index contributed by atoms with van der Waals surface area (Å²) in [6.45, 7) is 5.88. The van der Waals surface area contributed by atoms with Crippen LogP contribution >= 0.6 is 0 Å². The van der Waals surface area contributed by atoms with E-state index in [0.717, 1.165) is 52.4 Å². The van der Waals surface area contributed by atoms with Crippen LogP contribution in [0.3, 0.4) is 0 Å². The fourth-order valence-electron chi connectivity index (χ4n) is 2.56. The molecule has 2 atom stereocenters. The zero-order valence-corrected chi connectivity index (χ0v) is 11.8. The van der Waals surface area contributed by atoms with Crippen molar-refractivity contribution in [2.45, 2.75) is 18.9 Å². The second kappa shape index (κ2) is 9.69. The van der Waals surface area contributed by atoms with E-state index in [9.17, 15) is 0 Å². The lowest BCUT2D eigenvalue weighted by Gasteiger charge is -2.34. The molecule has 0 aliphatic carbocycles. The molecule has 1 heterocycles. The summed E-state index contributed by atoms with van der Waals surface area (Å²) in [6, 6.07) is 0.402. The van der Waals surface area contributed by atoms with Crippen molar-refractivity contribution in [2.75, 3.05) is 60.3 Å². The van der Waals surface area contributed by atoms with Gasteiger partial charge in [-0.15, -0.1) is 0 Å². The molecule has 5 nitrogen and oxygen atoms in total. The number of nitrogens with two attached hydrogens (primary N) is 1. The van der Waals surface area contributed by atoms with E-state index in [1.54, 1.807) is 14.2 Å². The standard InChI is InChI=1S/C13H28N2O3/c1-16-7-3-5-15(6-9-17-2)13(10-14)12-4-8-18-11-12/h12-13H,3-11,14H2,1-2H3. The van der Waals surface area contributed by atoms with Crippen molar-refractivity contribution >= 4 is 0 Å². The summed E-state index contributed by atoms with van der Waals surface area (Å²) >= 11 is 0. The van der Waals surface area contributed by atoms with Crippen LogP contribution in [0.15, 0.2) is 0 Å². The normalized spacial score (nSPS) is 21.7. The van der Waals surface area contributed by atoms with Crippen molar-refractivity contribution < 1.29 is 14.2 Å². The van der Waals surface area contributed by atoms with E-state index < -0.39 is 0 Å². The fourth-order valence-corrected chi connectivity index (χ4v) is 2.56. The van der Waals surface area contributed by atoms with Gasteiger partial charge >= 0.3 is 0 Å². The molecule has 2 unspecified atom stereocenters. The van der Waals surface area contributed by atoms with Crippen molar-refractivity contribution in [3.63, 3.8) is 0 Å². The lowest BCUT2D eigenvalue weighted by Crippen LogP contribution is -2.47. The van der Waals surface area contributed by atoms with Crippen molar-refractivity contribution in [3.8, 4) is 0 Å². The van der Waals surface area contributed by atoms with E-state index in [0.29, 0.717) is 18.5 Å². The summed E-state index contributed by atoms with van der Waals surface area (Å²) in [6.07, 6.45) is 2.15. The molecule has 1 fully saturated rings. The Bertz CT molecular complexity index is 199. The van der Waals surface area contributed by atoms with Gasteiger partial charge in [0.15, 0.2) is 0 Å². The Balaban J connectivity index is 2.47. The molecular formula is C13H28N2O3.